The standard InChI is InChI=1S/C29H35N5/c1-6-29(5)27-24(19(2)28(29,3)4)26(33-34-27)25-23-13-8-7-11-20(23)17-21(32-25)14-16-30-18-22-12-9-10-15-31-22/h7-13,15,17,19,30H,6,14,16,18H2,1-5H3,(H,33,34). The first-order chi connectivity index (χ1) is 16.4. The number of nitrogens with zero attached hydrogens (tertiary/aromatic N) is 3. The lowest BCUT2D eigenvalue weighted by Crippen LogP contribution is -2.37. The van der Waals surface area contributed by atoms with E-state index in [0.29, 0.717) is 5.92 Å². The molecule has 1 aromatic carbocycles. The molecule has 34 heavy (non-hydrogen) atoms. The fourth-order valence-electron chi connectivity index (χ4n) is 5.65. The van der Waals surface area contributed by atoms with E-state index in [4.69, 9.17) is 10.1 Å². The third-order valence-corrected chi connectivity index (χ3v) is 8.59. The molecule has 5 rings (SSSR count). The van der Waals surface area contributed by atoms with Crippen molar-refractivity contribution >= 4 is 10.8 Å². The van der Waals surface area contributed by atoms with Crippen LogP contribution in [0.2, 0.25) is 0 Å². The summed E-state index contributed by atoms with van der Waals surface area (Å²) >= 11 is 0. The molecule has 0 saturated carbocycles. The molecule has 1 aliphatic carbocycles. The number of aromatic nitrogens is 4. The first-order valence-electron chi connectivity index (χ1n) is 12.4. The van der Waals surface area contributed by atoms with Crippen molar-refractivity contribution in [3.05, 3.63) is 77.4 Å². The molecule has 2 atom stereocenters. The Labute approximate surface area is 202 Å². The van der Waals surface area contributed by atoms with E-state index >= 15 is 0 Å². The molecule has 0 saturated heterocycles. The molecular weight excluding hydrogens is 418 g/mol. The number of rotatable bonds is 7. The van der Waals surface area contributed by atoms with Gasteiger partial charge in [-0.2, -0.15) is 5.10 Å². The SMILES string of the molecule is CCC1(C)c2n[nH]c(-c3nc(CCNCc4ccccn4)cc4ccccc34)c2C(C)C1(C)C. The number of aromatic amines is 1. The van der Waals surface area contributed by atoms with Gasteiger partial charge in [-0.05, 0) is 41.3 Å². The van der Waals surface area contributed by atoms with Gasteiger partial charge in [0.15, 0.2) is 0 Å². The van der Waals surface area contributed by atoms with Crippen molar-refractivity contribution < 1.29 is 0 Å². The Balaban J connectivity index is 1.50. The van der Waals surface area contributed by atoms with E-state index in [0.717, 1.165) is 48.7 Å². The van der Waals surface area contributed by atoms with Crippen molar-refractivity contribution in [2.24, 2.45) is 5.41 Å². The Bertz CT molecular complexity index is 1310. The van der Waals surface area contributed by atoms with Gasteiger partial charge in [0.1, 0.15) is 0 Å². The van der Waals surface area contributed by atoms with Crippen molar-refractivity contribution in [3.8, 4) is 11.4 Å². The fourth-order valence-corrected chi connectivity index (χ4v) is 5.65. The Morgan fingerprint density at radius 2 is 1.82 bits per heavy atom. The van der Waals surface area contributed by atoms with Crippen LogP contribution >= 0.6 is 0 Å². The summed E-state index contributed by atoms with van der Waals surface area (Å²) in [6.45, 7) is 13.4. The van der Waals surface area contributed by atoms with Gasteiger partial charge < -0.3 is 5.32 Å². The average Bonchev–Trinajstić information content (AvgIpc) is 3.36. The van der Waals surface area contributed by atoms with Crippen LogP contribution in [0.15, 0.2) is 54.7 Å². The van der Waals surface area contributed by atoms with Crippen LogP contribution in [-0.2, 0) is 18.4 Å². The summed E-state index contributed by atoms with van der Waals surface area (Å²) in [7, 11) is 0. The average molecular weight is 454 g/mol. The predicted octanol–water partition coefficient (Wildman–Crippen LogP) is 6.16. The van der Waals surface area contributed by atoms with E-state index in [1.165, 1.54) is 22.0 Å². The van der Waals surface area contributed by atoms with E-state index < -0.39 is 0 Å². The molecule has 2 unspecified atom stereocenters. The molecule has 2 N–H and O–H groups in total. The number of benzene rings is 1. The maximum atomic E-state index is 5.19. The highest BCUT2D eigenvalue weighted by Gasteiger charge is 2.55. The Morgan fingerprint density at radius 3 is 2.59 bits per heavy atom. The number of fused-ring (bicyclic) bond motifs is 2. The smallest absolute Gasteiger partial charge is 0.0964 e. The lowest BCUT2D eigenvalue weighted by atomic mass is 9.63. The molecule has 4 aromatic rings. The summed E-state index contributed by atoms with van der Waals surface area (Å²) in [6, 6.07) is 16.8. The molecule has 0 fully saturated rings. The lowest BCUT2D eigenvalue weighted by molar-refractivity contribution is 0.162. The van der Waals surface area contributed by atoms with Gasteiger partial charge in [-0.3, -0.25) is 15.1 Å². The van der Waals surface area contributed by atoms with Crippen LogP contribution in [0.3, 0.4) is 0 Å². The van der Waals surface area contributed by atoms with Crippen molar-refractivity contribution in [2.75, 3.05) is 6.54 Å². The third kappa shape index (κ3) is 3.54. The molecule has 0 amide bonds. The molecule has 3 heterocycles. The van der Waals surface area contributed by atoms with Gasteiger partial charge in [0, 0.05) is 47.8 Å². The summed E-state index contributed by atoms with van der Waals surface area (Å²) in [5, 5.41) is 14.2. The summed E-state index contributed by atoms with van der Waals surface area (Å²) in [4.78, 5) is 9.59. The molecule has 3 aromatic heterocycles. The molecule has 1 aliphatic rings. The highest BCUT2D eigenvalue weighted by atomic mass is 15.1. The predicted molar refractivity (Wildman–Crippen MR) is 139 cm³/mol. The molecular formula is C29H35N5. The van der Waals surface area contributed by atoms with Gasteiger partial charge >= 0.3 is 0 Å². The first-order valence-corrected chi connectivity index (χ1v) is 12.4. The molecule has 0 radical (unpaired) electrons. The van der Waals surface area contributed by atoms with Gasteiger partial charge in [-0.25, -0.2) is 0 Å². The van der Waals surface area contributed by atoms with Crippen LogP contribution in [0.25, 0.3) is 22.2 Å². The quantitative estimate of drug-likeness (QED) is 0.329. The first kappa shape index (κ1) is 22.7. The number of hydrogen-bond donors (Lipinski definition) is 2. The zero-order chi connectivity index (χ0) is 23.9. The van der Waals surface area contributed by atoms with Crippen molar-refractivity contribution in [1.29, 1.82) is 0 Å². The topological polar surface area (TPSA) is 66.5 Å². The molecule has 0 aliphatic heterocycles. The van der Waals surface area contributed by atoms with Gasteiger partial charge in [0.25, 0.3) is 0 Å². The van der Waals surface area contributed by atoms with E-state index in [2.05, 4.69) is 80.3 Å². The second-order valence-corrected chi connectivity index (χ2v) is 10.4. The minimum Gasteiger partial charge on any atom is -0.311 e. The van der Waals surface area contributed by atoms with E-state index in [1.807, 2.05) is 24.4 Å². The summed E-state index contributed by atoms with van der Waals surface area (Å²) in [5.74, 6) is 0.394. The zero-order valence-electron chi connectivity index (χ0n) is 20.9. The second-order valence-electron chi connectivity index (χ2n) is 10.4. The fraction of sp³-hybridized carbons (Fsp3) is 0.414. The molecule has 176 valence electrons. The second kappa shape index (κ2) is 8.62. The van der Waals surface area contributed by atoms with E-state index in [1.54, 1.807) is 0 Å². The van der Waals surface area contributed by atoms with Gasteiger partial charge in [-0.1, -0.05) is 65.0 Å². The number of nitrogens with one attached hydrogen (secondary N) is 2. The Hall–Kier alpha value is -3.05. The van der Waals surface area contributed by atoms with Crippen LogP contribution in [0.5, 0.6) is 0 Å². The van der Waals surface area contributed by atoms with Crippen LogP contribution in [0.4, 0.5) is 0 Å². The van der Waals surface area contributed by atoms with Gasteiger partial charge in [0.05, 0.1) is 22.8 Å². The summed E-state index contributed by atoms with van der Waals surface area (Å²) in [5.41, 5.74) is 6.99. The minimum atomic E-state index is 0.0410. The Morgan fingerprint density at radius 1 is 1.03 bits per heavy atom. The zero-order valence-corrected chi connectivity index (χ0v) is 20.9. The highest BCUT2D eigenvalue weighted by molar-refractivity contribution is 5.95. The van der Waals surface area contributed by atoms with Crippen LogP contribution < -0.4 is 5.32 Å². The number of H-pyrrole nitrogens is 1. The van der Waals surface area contributed by atoms with Gasteiger partial charge in [0.2, 0.25) is 0 Å². The number of pyridine rings is 2. The monoisotopic (exact) mass is 453 g/mol. The van der Waals surface area contributed by atoms with E-state index in [-0.39, 0.29) is 10.8 Å². The van der Waals surface area contributed by atoms with Crippen molar-refractivity contribution in [2.45, 2.75) is 65.3 Å². The normalized spacial score (nSPS) is 21.1. The van der Waals surface area contributed by atoms with Crippen molar-refractivity contribution in [1.82, 2.24) is 25.5 Å². The molecule has 0 bridgehead atoms. The molecule has 5 nitrogen and oxygen atoms in total. The highest BCUT2D eigenvalue weighted by Crippen LogP contribution is 2.61. The molecule has 5 heteroatoms. The minimum absolute atomic E-state index is 0.0410. The largest absolute Gasteiger partial charge is 0.311 e. The van der Waals surface area contributed by atoms with Crippen LogP contribution in [0, 0.1) is 5.41 Å². The Kier molecular flexibility index (Phi) is 5.76. The summed E-state index contributed by atoms with van der Waals surface area (Å²) < 4.78 is 0. The maximum absolute atomic E-state index is 5.19. The summed E-state index contributed by atoms with van der Waals surface area (Å²) in [6.07, 6.45) is 3.76. The van der Waals surface area contributed by atoms with Crippen LogP contribution in [-0.4, -0.2) is 26.7 Å². The van der Waals surface area contributed by atoms with E-state index in [9.17, 15) is 0 Å². The third-order valence-electron chi connectivity index (χ3n) is 8.59. The van der Waals surface area contributed by atoms with Crippen molar-refractivity contribution in [3.63, 3.8) is 0 Å². The van der Waals surface area contributed by atoms with Gasteiger partial charge in [-0.15, -0.1) is 0 Å². The molecule has 0 spiro atoms. The number of hydrogen-bond acceptors (Lipinski definition) is 4. The maximum Gasteiger partial charge on any atom is 0.0964 e. The van der Waals surface area contributed by atoms with Crippen LogP contribution in [0.1, 0.15) is 69.6 Å². The lowest BCUT2D eigenvalue weighted by Gasteiger charge is -2.40.